The Morgan fingerprint density at radius 3 is 2.38 bits per heavy atom. The van der Waals surface area contributed by atoms with E-state index in [0.717, 1.165) is 65.9 Å². The van der Waals surface area contributed by atoms with E-state index in [0.29, 0.717) is 47.0 Å². The molecule has 0 aliphatic carbocycles. The number of aromatic nitrogens is 1. The highest BCUT2D eigenvalue weighted by atomic mass is 16.5. The second-order valence-electron chi connectivity index (χ2n) is 15.2. The minimum atomic E-state index is -0.903. The van der Waals surface area contributed by atoms with Crippen LogP contribution in [0.2, 0.25) is 0 Å². The van der Waals surface area contributed by atoms with Crippen molar-refractivity contribution in [2.45, 2.75) is 44.2 Å². The number of carboxylic acid groups (broad SMARTS) is 1. The first-order valence-electron chi connectivity index (χ1n) is 19.8. The zero-order valence-corrected chi connectivity index (χ0v) is 32.4. The number of phenolic OH excluding ortho intramolecular Hbond substituents is 1. The van der Waals surface area contributed by atoms with Gasteiger partial charge in [0.25, 0.3) is 0 Å². The average molecular weight is 781 g/mol. The Bertz CT molecular complexity index is 2430. The Morgan fingerprint density at radius 2 is 1.66 bits per heavy atom. The van der Waals surface area contributed by atoms with E-state index in [2.05, 4.69) is 27.3 Å². The number of fused-ring (bicyclic) bond motifs is 4. The summed E-state index contributed by atoms with van der Waals surface area (Å²) in [5, 5.41) is 35.7. The molecule has 11 nitrogen and oxygen atoms in total. The number of aliphatic hydroxyl groups excluding tert-OH is 1. The molecular weight excluding hydrogens is 733 g/mol. The molecule has 1 aromatic heterocycles. The lowest BCUT2D eigenvalue weighted by atomic mass is 9.81. The molecule has 3 aliphatic heterocycles. The van der Waals surface area contributed by atoms with Gasteiger partial charge >= 0.3 is 6.09 Å². The fourth-order valence-corrected chi connectivity index (χ4v) is 8.65. The number of carbonyl (C=O) groups is 1. The van der Waals surface area contributed by atoms with Gasteiger partial charge in [-0.3, -0.25) is 9.69 Å². The Balaban J connectivity index is 0.918. The number of benzene rings is 5. The maximum absolute atomic E-state index is 13.0. The number of pyridine rings is 1. The van der Waals surface area contributed by atoms with E-state index >= 15 is 0 Å². The normalized spacial score (nSPS) is 18.4. The maximum Gasteiger partial charge on any atom is 0.408 e. The number of hydrogen-bond donors (Lipinski definition) is 5. The van der Waals surface area contributed by atoms with Gasteiger partial charge in [-0.05, 0) is 95.6 Å². The second kappa shape index (κ2) is 17.2. The zero-order valence-electron chi connectivity index (χ0n) is 32.4. The number of H-pyrrole nitrogens is 1. The third kappa shape index (κ3) is 8.29. The van der Waals surface area contributed by atoms with Gasteiger partial charge in [0, 0.05) is 36.7 Å². The van der Waals surface area contributed by atoms with Crippen LogP contribution in [-0.4, -0.2) is 75.5 Å². The van der Waals surface area contributed by atoms with Crippen LogP contribution in [0.5, 0.6) is 17.2 Å². The number of aromatic amines is 1. The summed E-state index contributed by atoms with van der Waals surface area (Å²) < 4.78 is 12.1. The minimum absolute atomic E-state index is 0.0511. The molecule has 2 bridgehead atoms. The molecule has 0 radical (unpaired) electrons. The van der Waals surface area contributed by atoms with E-state index in [9.17, 15) is 24.9 Å². The molecule has 0 spiro atoms. The highest BCUT2D eigenvalue weighted by Crippen LogP contribution is 2.39. The lowest BCUT2D eigenvalue weighted by molar-refractivity contribution is -0.000812. The van der Waals surface area contributed by atoms with Gasteiger partial charge in [-0.2, -0.15) is 0 Å². The molecule has 58 heavy (non-hydrogen) atoms. The predicted octanol–water partition coefficient (Wildman–Crippen LogP) is 7.48. The van der Waals surface area contributed by atoms with Crippen molar-refractivity contribution in [3.05, 3.63) is 159 Å². The number of amides is 1. The maximum atomic E-state index is 13.0. The molecule has 3 aliphatic rings. The number of piperidine rings is 3. The SMILES string of the molecule is COc1cc(-c2ccc(COc3cccc([C@H](c4ccccc4)N(C(=O)O)C4CN5CCC4CC5)c3)cc2)ccc1CNCC(O)c1ccc(O)c2[nH]c(=O)ccc12. The van der Waals surface area contributed by atoms with E-state index in [4.69, 9.17) is 9.47 Å². The summed E-state index contributed by atoms with van der Waals surface area (Å²) in [4.78, 5) is 31.5. The van der Waals surface area contributed by atoms with Crippen molar-refractivity contribution in [3.63, 3.8) is 0 Å². The highest BCUT2D eigenvalue weighted by Gasteiger charge is 2.43. The molecule has 3 atom stereocenters. The Hall–Kier alpha value is -6.14. The molecule has 3 fully saturated rings. The predicted molar refractivity (Wildman–Crippen MR) is 223 cm³/mol. The third-order valence-corrected chi connectivity index (χ3v) is 11.7. The van der Waals surface area contributed by atoms with Gasteiger partial charge in [-0.25, -0.2) is 4.79 Å². The lowest BCUT2D eigenvalue weighted by Crippen LogP contribution is -2.59. The molecule has 5 aromatic carbocycles. The van der Waals surface area contributed by atoms with E-state index in [-0.39, 0.29) is 23.9 Å². The summed E-state index contributed by atoms with van der Waals surface area (Å²) in [6, 6.07) is 37.5. The van der Waals surface area contributed by atoms with E-state index in [1.807, 2.05) is 84.9 Å². The lowest BCUT2D eigenvalue weighted by Gasteiger charge is -2.50. The number of nitrogens with zero attached hydrogens (tertiary/aromatic N) is 2. The van der Waals surface area contributed by atoms with E-state index < -0.39 is 18.2 Å². The van der Waals surface area contributed by atoms with Gasteiger partial charge in [0.1, 0.15) is 23.9 Å². The molecule has 9 rings (SSSR count). The Labute approximate surface area is 337 Å². The van der Waals surface area contributed by atoms with Crippen molar-refractivity contribution in [2.24, 2.45) is 5.92 Å². The van der Waals surface area contributed by atoms with Crippen molar-refractivity contribution >= 4 is 17.0 Å². The summed E-state index contributed by atoms with van der Waals surface area (Å²) in [5.41, 5.74) is 6.31. The molecule has 4 heterocycles. The van der Waals surface area contributed by atoms with Crippen molar-refractivity contribution in [2.75, 3.05) is 33.3 Å². The third-order valence-electron chi connectivity index (χ3n) is 11.7. The molecule has 298 valence electrons. The second-order valence-corrected chi connectivity index (χ2v) is 15.2. The molecular formula is C47H48N4O7. The fraction of sp³-hybridized carbons (Fsp3) is 0.277. The largest absolute Gasteiger partial charge is 0.506 e. The van der Waals surface area contributed by atoms with Crippen molar-refractivity contribution in [1.82, 2.24) is 20.1 Å². The number of phenols is 1. The van der Waals surface area contributed by atoms with Crippen LogP contribution in [0.4, 0.5) is 4.79 Å². The number of aromatic hydroxyl groups is 1. The van der Waals surface area contributed by atoms with Gasteiger partial charge in [0.15, 0.2) is 0 Å². The van der Waals surface area contributed by atoms with Crippen LogP contribution in [0.3, 0.4) is 0 Å². The monoisotopic (exact) mass is 780 g/mol. The summed E-state index contributed by atoms with van der Waals surface area (Å²) >= 11 is 0. The fourth-order valence-electron chi connectivity index (χ4n) is 8.65. The first-order chi connectivity index (χ1) is 28.2. The van der Waals surface area contributed by atoms with Crippen LogP contribution in [-0.2, 0) is 13.2 Å². The van der Waals surface area contributed by atoms with Crippen molar-refractivity contribution in [1.29, 1.82) is 0 Å². The summed E-state index contributed by atoms with van der Waals surface area (Å²) in [6.07, 6.45) is 0.266. The van der Waals surface area contributed by atoms with Gasteiger partial charge in [-0.1, -0.05) is 84.9 Å². The summed E-state index contributed by atoms with van der Waals surface area (Å²) in [6.45, 7) is 3.88. The number of nitrogens with one attached hydrogen (secondary N) is 2. The van der Waals surface area contributed by atoms with Crippen LogP contribution in [0.1, 0.15) is 52.8 Å². The van der Waals surface area contributed by atoms with Gasteiger partial charge in [0.05, 0.1) is 30.8 Å². The molecule has 6 aromatic rings. The smallest absolute Gasteiger partial charge is 0.408 e. The van der Waals surface area contributed by atoms with Crippen LogP contribution in [0, 0.1) is 5.92 Å². The van der Waals surface area contributed by atoms with E-state index in [1.54, 1.807) is 24.1 Å². The first-order valence-corrected chi connectivity index (χ1v) is 19.8. The molecule has 11 heteroatoms. The van der Waals surface area contributed by atoms with Crippen LogP contribution in [0.15, 0.2) is 126 Å². The van der Waals surface area contributed by atoms with Crippen LogP contribution >= 0.6 is 0 Å². The quantitative estimate of drug-likeness (QED) is 0.0760. The number of aliphatic hydroxyl groups is 1. The minimum Gasteiger partial charge on any atom is -0.506 e. The first kappa shape index (κ1) is 38.7. The van der Waals surface area contributed by atoms with E-state index in [1.165, 1.54) is 12.1 Å². The van der Waals surface area contributed by atoms with Gasteiger partial charge < -0.3 is 40.0 Å². The molecule has 1 amide bonds. The Morgan fingerprint density at radius 1 is 0.897 bits per heavy atom. The number of ether oxygens (including phenoxy) is 2. The highest BCUT2D eigenvalue weighted by molar-refractivity contribution is 5.87. The van der Waals surface area contributed by atoms with Gasteiger partial charge in [-0.15, -0.1) is 0 Å². The standard InChI is InChI=1S/C47H48N4O7/c1-57-43-25-34(14-15-36(43)26-48-27-42(53)38-16-18-41(52)45-39(38)17-19-44(54)49-45)31-12-10-30(11-13-31)29-58-37-9-5-8-35(24-37)46(33-6-3-2-4-7-33)51(47(55)56)40-28-50-22-20-32(40)21-23-50/h2-19,24-25,32,40,42,46,48,52-53H,20-23,26-29H2,1H3,(H,49,54)(H,55,56)/t40?,42?,46-/m0/s1. The molecule has 0 saturated carbocycles. The number of hydrogen-bond acceptors (Lipinski definition) is 8. The van der Waals surface area contributed by atoms with Crippen molar-refractivity contribution in [3.8, 4) is 28.4 Å². The topological polar surface area (TPSA) is 148 Å². The number of rotatable bonds is 14. The van der Waals surface area contributed by atoms with Crippen LogP contribution in [0.25, 0.3) is 22.0 Å². The Kier molecular flexibility index (Phi) is 11.5. The zero-order chi connectivity index (χ0) is 40.2. The molecule has 2 unspecified atom stereocenters. The van der Waals surface area contributed by atoms with Crippen LogP contribution < -0.4 is 20.3 Å². The molecule has 3 saturated heterocycles. The summed E-state index contributed by atoms with van der Waals surface area (Å²) in [5.74, 6) is 1.69. The van der Waals surface area contributed by atoms with Gasteiger partial charge in [0.2, 0.25) is 5.56 Å². The number of methoxy groups -OCH3 is 1. The summed E-state index contributed by atoms with van der Waals surface area (Å²) in [7, 11) is 1.63. The van der Waals surface area contributed by atoms with Crippen molar-refractivity contribution < 1.29 is 29.6 Å². The average Bonchev–Trinajstić information content (AvgIpc) is 3.26. The molecule has 5 N–H and O–H groups in total.